The quantitative estimate of drug-likeness (QED) is 0.789. The lowest BCUT2D eigenvalue weighted by Gasteiger charge is -2.05. The molecule has 104 valence electrons. The summed E-state index contributed by atoms with van der Waals surface area (Å²) in [7, 11) is 0. The van der Waals surface area contributed by atoms with Crippen LogP contribution >= 0.6 is 0 Å². The van der Waals surface area contributed by atoms with Gasteiger partial charge in [-0.3, -0.25) is 4.99 Å². The lowest BCUT2D eigenvalue weighted by Crippen LogP contribution is -1.87. The van der Waals surface area contributed by atoms with Crippen molar-refractivity contribution in [2.45, 2.75) is 33.6 Å². The zero-order valence-corrected chi connectivity index (χ0v) is 12.5. The molecule has 0 aliphatic carbocycles. The third-order valence-electron chi connectivity index (χ3n) is 3.44. The molecule has 0 unspecified atom stereocenters. The first-order valence-electron chi connectivity index (χ1n) is 6.91. The molecule has 2 rings (SSSR count). The Balaban J connectivity index is 2.21. The first-order valence-corrected chi connectivity index (χ1v) is 6.91. The summed E-state index contributed by atoms with van der Waals surface area (Å²) in [4.78, 5) is 4.48. The molecule has 0 bridgehead atoms. The van der Waals surface area contributed by atoms with Crippen LogP contribution in [0.3, 0.4) is 0 Å². The average molecular weight is 267 g/mol. The molecule has 0 amide bonds. The molecule has 0 heterocycles. The molecule has 1 N–H and O–H groups in total. The number of aryl methyl sites for hydroxylation is 2. The minimum absolute atomic E-state index is 0.364. The van der Waals surface area contributed by atoms with Crippen LogP contribution in [-0.2, 0) is 0 Å². The second-order valence-corrected chi connectivity index (χ2v) is 5.51. The van der Waals surface area contributed by atoms with Crippen molar-refractivity contribution in [3.05, 3.63) is 58.7 Å². The molecule has 2 aromatic rings. The summed E-state index contributed by atoms with van der Waals surface area (Å²) in [5, 5.41) is 9.75. The van der Waals surface area contributed by atoms with E-state index in [-0.39, 0.29) is 0 Å². The van der Waals surface area contributed by atoms with E-state index in [2.05, 4.69) is 31.0 Å². The number of aliphatic imine (C=N–C) groups is 1. The molecule has 2 aromatic carbocycles. The molecule has 0 aliphatic rings. The number of phenolic OH excluding ortho intramolecular Hbond substituents is 1. The molecular weight excluding hydrogens is 246 g/mol. The lowest BCUT2D eigenvalue weighted by atomic mass is 10.0. The van der Waals surface area contributed by atoms with E-state index < -0.39 is 0 Å². The van der Waals surface area contributed by atoms with Crippen molar-refractivity contribution in [1.82, 2.24) is 0 Å². The minimum Gasteiger partial charge on any atom is -0.507 e. The van der Waals surface area contributed by atoms with Gasteiger partial charge in [-0.25, -0.2) is 0 Å². The molecule has 0 saturated heterocycles. The maximum Gasteiger partial charge on any atom is 0.121 e. The fourth-order valence-electron chi connectivity index (χ4n) is 2.16. The summed E-state index contributed by atoms with van der Waals surface area (Å²) in [6, 6.07) is 12.2. The van der Waals surface area contributed by atoms with Crippen molar-refractivity contribution in [2.24, 2.45) is 4.99 Å². The number of aromatic hydroxyl groups is 1. The topological polar surface area (TPSA) is 32.6 Å². The van der Waals surface area contributed by atoms with E-state index in [1.54, 1.807) is 0 Å². The second-order valence-electron chi connectivity index (χ2n) is 5.51. The predicted molar refractivity (Wildman–Crippen MR) is 85.4 cm³/mol. The van der Waals surface area contributed by atoms with Crippen LogP contribution in [0.4, 0.5) is 5.69 Å². The van der Waals surface area contributed by atoms with Crippen LogP contribution in [0.5, 0.6) is 5.75 Å². The van der Waals surface area contributed by atoms with Gasteiger partial charge in [0, 0.05) is 6.21 Å². The van der Waals surface area contributed by atoms with E-state index in [4.69, 9.17) is 0 Å². The van der Waals surface area contributed by atoms with Crippen molar-refractivity contribution >= 4 is 11.9 Å². The van der Waals surface area contributed by atoms with Gasteiger partial charge in [-0.15, -0.1) is 0 Å². The highest BCUT2D eigenvalue weighted by Gasteiger charge is 2.02. The maximum absolute atomic E-state index is 9.75. The van der Waals surface area contributed by atoms with Gasteiger partial charge >= 0.3 is 0 Å². The molecule has 0 atom stereocenters. The Morgan fingerprint density at radius 1 is 1.00 bits per heavy atom. The first kappa shape index (κ1) is 14.3. The molecular formula is C18H21NO. The Hall–Kier alpha value is -2.09. The molecule has 2 heteroatoms. The largest absolute Gasteiger partial charge is 0.507 e. The Labute approximate surface area is 120 Å². The van der Waals surface area contributed by atoms with Crippen LogP contribution in [0.1, 0.15) is 42.0 Å². The van der Waals surface area contributed by atoms with E-state index in [0.717, 1.165) is 22.4 Å². The van der Waals surface area contributed by atoms with Gasteiger partial charge in [-0.2, -0.15) is 0 Å². The van der Waals surface area contributed by atoms with Crippen molar-refractivity contribution < 1.29 is 5.11 Å². The number of nitrogens with zero attached hydrogens (tertiary/aromatic N) is 1. The van der Waals surface area contributed by atoms with Gasteiger partial charge in [-0.05, 0) is 66.3 Å². The molecule has 20 heavy (non-hydrogen) atoms. The number of phenols is 1. The zero-order valence-electron chi connectivity index (χ0n) is 12.5. The second kappa shape index (κ2) is 5.91. The average Bonchev–Trinajstić information content (AvgIpc) is 2.42. The molecule has 2 nitrogen and oxygen atoms in total. The fraction of sp³-hybridized carbons (Fsp3) is 0.278. The standard InChI is InChI=1S/C18H21NO/c1-12(2)16-5-7-17(8-6-16)19-11-15-9-13(3)18(20)14(4)10-15/h5-12,20H,1-4H3. The fourth-order valence-corrected chi connectivity index (χ4v) is 2.16. The Bertz CT molecular complexity index is 601. The highest BCUT2D eigenvalue weighted by atomic mass is 16.3. The van der Waals surface area contributed by atoms with E-state index >= 15 is 0 Å². The van der Waals surface area contributed by atoms with Gasteiger partial charge in [-0.1, -0.05) is 26.0 Å². The van der Waals surface area contributed by atoms with Gasteiger partial charge in [0.05, 0.1) is 5.69 Å². The van der Waals surface area contributed by atoms with Crippen molar-refractivity contribution in [1.29, 1.82) is 0 Å². The van der Waals surface area contributed by atoms with Gasteiger partial charge in [0.25, 0.3) is 0 Å². The number of benzene rings is 2. The number of rotatable bonds is 3. The Kier molecular flexibility index (Phi) is 4.23. The van der Waals surface area contributed by atoms with Crippen LogP contribution in [-0.4, -0.2) is 11.3 Å². The SMILES string of the molecule is Cc1cc(C=Nc2ccc(C(C)C)cc2)cc(C)c1O. The summed E-state index contributed by atoms with van der Waals surface area (Å²) >= 11 is 0. The summed E-state index contributed by atoms with van der Waals surface area (Å²) in [6.45, 7) is 8.16. The Morgan fingerprint density at radius 2 is 1.55 bits per heavy atom. The maximum atomic E-state index is 9.75. The molecule has 0 spiro atoms. The zero-order chi connectivity index (χ0) is 14.7. The van der Waals surface area contributed by atoms with E-state index in [9.17, 15) is 5.11 Å². The van der Waals surface area contributed by atoms with Gasteiger partial charge in [0.15, 0.2) is 0 Å². The van der Waals surface area contributed by atoms with Crippen molar-refractivity contribution in [3.63, 3.8) is 0 Å². The normalized spacial score (nSPS) is 11.4. The highest BCUT2D eigenvalue weighted by molar-refractivity contribution is 5.83. The molecule has 0 saturated carbocycles. The summed E-state index contributed by atoms with van der Waals surface area (Å²) < 4.78 is 0. The number of hydrogen-bond acceptors (Lipinski definition) is 2. The highest BCUT2D eigenvalue weighted by Crippen LogP contribution is 2.23. The van der Waals surface area contributed by atoms with Crippen molar-refractivity contribution in [3.8, 4) is 5.75 Å². The van der Waals surface area contributed by atoms with Crippen LogP contribution < -0.4 is 0 Å². The monoisotopic (exact) mass is 267 g/mol. The molecule has 0 fully saturated rings. The summed E-state index contributed by atoms with van der Waals surface area (Å²) in [6.07, 6.45) is 1.84. The van der Waals surface area contributed by atoms with E-state index in [1.807, 2.05) is 44.3 Å². The van der Waals surface area contributed by atoms with Crippen LogP contribution in [0.15, 0.2) is 41.4 Å². The Morgan fingerprint density at radius 3 is 2.05 bits per heavy atom. The first-order chi connectivity index (χ1) is 9.47. The van der Waals surface area contributed by atoms with Crippen LogP contribution in [0.25, 0.3) is 0 Å². The summed E-state index contributed by atoms with van der Waals surface area (Å²) in [5.41, 5.74) is 5.02. The molecule has 0 aliphatic heterocycles. The minimum atomic E-state index is 0.364. The predicted octanol–water partition coefficient (Wildman–Crippen LogP) is 4.88. The van der Waals surface area contributed by atoms with E-state index in [0.29, 0.717) is 11.7 Å². The summed E-state index contributed by atoms with van der Waals surface area (Å²) in [5.74, 6) is 0.902. The third-order valence-corrected chi connectivity index (χ3v) is 3.44. The van der Waals surface area contributed by atoms with Gasteiger partial charge in [0.1, 0.15) is 5.75 Å². The lowest BCUT2D eigenvalue weighted by molar-refractivity contribution is 0.467. The smallest absolute Gasteiger partial charge is 0.121 e. The van der Waals surface area contributed by atoms with Gasteiger partial charge < -0.3 is 5.11 Å². The van der Waals surface area contributed by atoms with Crippen LogP contribution in [0.2, 0.25) is 0 Å². The van der Waals surface area contributed by atoms with Gasteiger partial charge in [0.2, 0.25) is 0 Å². The van der Waals surface area contributed by atoms with Crippen LogP contribution in [0, 0.1) is 13.8 Å². The molecule has 0 aromatic heterocycles. The molecule has 0 radical (unpaired) electrons. The van der Waals surface area contributed by atoms with E-state index in [1.165, 1.54) is 5.56 Å². The van der Waals surface area contributed by atoms with Crippen molar-refractivity contribution in [2.75, 3.05) is 0 Å². The third kappa shape index (κ3) is 3.27. The number of hydrogen-bond donors (Lipinski definition) is 1.